The van der Waals surface area contributed by atoms with Crippen LogP contribution in [0, 0.1) is 23.7 Å². The van der Waals surface area contributed by atoms with Crippen molar-refractivity contribution in [2.45, 2.75) is 84.5 Å². The maximum Gasteiger partial charge on any atom is 0.410 e. The van der Waals surface area contributed by atoms with Gasteiger partial charge in [0.15, 0.2) is 0 Å². The summed E-state index contributed by atoms with van der Waals surface area (Å²) in [6, 6.07) is 19.8. The fraction of sp³-hybridized carbons (Fsp3) is 0.605. The maximum atomic E-state index is 13.2. The van der Waals surface area contributed by atoms with Crippen molar-refractivity contribution < 1.29 is 38.1 Å². The molecular weight excluding hydrogens is 612 g/mol. The molecule has 2 aliphatic rings. The SMILES string of the molecule is COC(=O)[C@@]1(OCC2CCC(CCN(Cc3ccccc3)C(=O)OCc3ccccc3)CN2C)C[C@@H](C)[C@@H](C)C([C@H](C)COC(C)=O)O1. The number of hydrogen-bond acceptors (Lipinski definition) is 9. The molecule has 264 valence electrons. The molecule has 0 aromatic heterocycles. The zero-order chi connectivity index (χ0) is 34.7. The molecule has 2 fully saturated rings. The van der Waals surface area contributed by atoms with E-state index in [1.165, 1.54) is 14.0 Å². The normalized spacial score (nSPS) is 26.7. The molecule has 0 aliphatic carbocycles. The predicted molar refractivity (Wildman–Crippen MR) is 182 cm³/mol. The van der Waals surface area contributed by atoms with E-state index in [0.29, 0.717) is 32.0 Å². The number of esters is 2. The molecule has 0 radical (unpaired) electrons. The van der Waals surface area contributed by atoms with Crippen molar-refractivity contribution in [1.82, 2.24) is 9.80 Å². The minimum Gasteiger partial charge on any atom is -0.465 e. The molecule has 0 bridgehead atoms. The lowest BCUT2D eigenvalue weighted by atomic mass is 9.78. The van der Waals surface area contributed by atoms with Crippen molar-refractivity contribution in [2.75, 3.05) is 40.5 Å². The Kier molecular flexibility index (Phi) is 13.8. The average molecular weight is 667 g/mol. The lowest BCUT2D eigenvalue weighted by Crippen LogP contribution is -2.58. The molecule has 0 saturated carbocycles. The molecule has 2 aliphatic heterocycles. The van der Waals surface area contributed by atoms with Gasteiger partial charge in [0.2, 0.25) is 0 Å². The van der Waals surface area contributed by atoms with Crippen molar-refractivity contribution in [3.05, 3.63) is 71.8 Å². The molecule has 2 aromatic carbocycles. The third-order valence-electron chi connectivity index (χ3n) is 10.0. The van der Waals surface area contributed by atoms with Gasteiger partial charge < -0.3 is 33.5 Å². The number of carbonyl (C=O) groups is 3. The topological polar surface area (TPSA) is 104 Å². The highest BCUT2D eigenvalue weighted by molar-refractivity contribution is 5.78. The van der Waals surface area contributed by atoms with Crippen molar-refractivity contribution >= 4 is 18.0 Å². The molecule has 0 N–H and O–H groups in total. The van der Waals surface area contributed by atoms with E-state index in [1.807, 2.05) is 67.6 Å². The molecule has 4 rings (SSSR count). The molecule has 2 heterocycles. The van der Waals surface area contributed by atoms with Crippen LogP contribution in [-0.4, -0.2) is 86.2 Å². The fourth-order valence-corrected chi connectivity index (χ4v) is 6.89. The summed E-state index contributed by atoms with van der Waals surface area (Å²) >= 11 is 0. The predicted octanol–water partition coefficient (Wildman–Crippen LogP) is 6.07. The van der Waals surface area contributed by atoms with E-state index in [9.17, 15) is 14.4 Å². The van der Waals surface area contributed by atoms with Crippen LogP contribution in [0.2, 0.25) is 0 Å². The summed E-state index contributed by atoms with van der Waals surface area (Å²) in [5.74, 6) is -1.90. The Labute approximate surface area is 286 Å². The highest BCUT2D eigenvalue weighted by Gasteiger charge is 2.53. The van der Waals surface area contributed by atoms with Gasteiger partial charge in [0.25, 0.3) is 5.79 Å². The average Bonchev–Trinajstić information content (AvgIpc) is 3.09. The van der Waals surface area contributed by atoms with E-state index >= 15 is 0 Å². The van der Waals surface area contributed by atoms with Crippen LogP contribution in [0.5, 0.6) is 0 Å². The first-order valence-corrected chi connectivity index (χ1v) is 17.2. The van der Waals surface area contributed by atoms with E-state index in [4.69, 9.17) is 23.7 Å². The monoisotopic (exact) mass is 666 g/mol. The van der Waals surface area contributed by atoms with Gasteiger partial charge in [-0.3, -0.25) is 4.79 Å². The number of benzene rings is 2. The van der Waals surface area contributed by atoms with Gasteiger partial charge in [0.05, 0.1) is 26.4 Å². The second-order valence-corrected chi connectivity index (χ2v) is 13.7. The summed E-state index contributed by atoms with van der Waals surface area (Å²) in [5, 5.41) is 0. The number of likely N-dealkylation sites (N-methyl/N-ethyl adjacent to an activating group) is 1. The summed E-state index contributed by atoms with van der Waals surface area (Å²) in [7, 11) is 3.43. The van der Waals surface area contributed by atoms with Gasteiger partial charge in [-0.1, -0.05) is 81.4 Å². The number of ether oxygens (including phenoxy) is 5. The number of amides is 1. The maximum absolute atomic E-state index is 13.2. The van der Waals surface area contributed by atoms with E-state index in [0.717, 1.165) is 36.9 Å². The van der Waals surface area contributed by atoms with Crippen LogP contribution in [0.25, 0.3) is 0 Å². The highest BCUT2D eigenvalue weighted by Crippen LogP contribution is 2.41. The minimum absolute atomic E-state index is 0.0919. The van der Waals surface area contributed by atoms with Gasteiger partial charge in [-0.15, -0.1) is 0 Å². The van der Waals surface area contributed by atoms with Crippen LogP contribution in [-0.2, 0) is 46.4 Å². The molecule has 7 atom stereocenters. The third-order valence-corrected chi connectivity index (χ3v) is 10.0. The fourth-order valence-electron chi connectivity index (χ4n) is 6.89. The first-order valence-electron chi connectivity index (χ1n) is 17.2. The summed E-state index contributed by atoms with van der Waals surface area (Å²) in [6.07, 6.45) is 2.42. The van der Waals surface area contributed by atoms with Gasteiger partial charge in [-0.2, -0.15) is 0 Å². The highest BCUT2D eigenvalue weighted by atomic mass is 16.7. The first-order chi connectivity index (χ1) is 23.0. The summed E-state index contributed by atoms with van der Waals surface area (Å²) in [6.45, 7) is 10.2. The number of hydrogen-bond donors (Lipinski definition) is 0. The number of rotatable bonds is 14. The second kappa shape index (κ2) is 17.8. The number of likely N-dealkylation sites (tertiary alicyclic amines) is 1. The van der Waals surface area contributed by atoms with E-state index < -0.39 is 11.8 Å². The number of nitrogens with zero attached hydrogens (tertiary/aromatic N) is 2. The van der Waals surface area contributed by atoms with Crippen LogP contribution in [0.4, 0.5) is 4.79 Å². The number of piperidine rings is 1. The Hall–Kier alpha value is -3.47. The van der Waals surface area contributed by atoms with Crippen LogP contribution in [0.15, 0.2) is 60.7 Å². The molecule has 10 nitrogen and oxygen atoms in total. The van der Waals surface area contributed by atoms with Crippen LogP contribution in [0.3, 0.4) is 0 Å². The van der Waals surface area contributed by atoms with Gasteiger partial charge in [-0.05, 0) is 55.2 Å². The van der Waals surface area contributed by atoms with E-state index in [-0.39, 0.29) is 55.2 Å². The lowest BCUT2D eigenvalue weighted by Gasteiger charge is -2.47. The van der Waals surface area contributed by atoms with E-state index in [2.05, 4.69) is 25.8 Å². The number of carbonyl (C=O) groups excluding carboxylic acids is 3. The second-order valence-electron chi connectivity index (χ2n) is 13.7. The number of methoxy groups -OCH3 is 1. The van der Waals surface area contributed by atoms with Crippen molar-refractivity contribution in [2.24, 2.45) is 23.7 Å². The molecule has 48 heavy (non-hydrogen) atoms. The lowest BCUT2D eigenvalue weighted by molar-refractivity contribution is -0.306. The van der Waals surface area contributed by atoms with Crippen LogP contribution in [0.1, 0.15) is 64.5 Å². The zero-order valence-electron chi connectivity index (χ0n) is 29.5. The summed E-state index contributed by atoms with van der Waals surface area (Å²) < 4.78 is 29.1. The Morgan fingerprint density at radius 3 is 2.29 bits per heavy atom. The molecule has 0 spiro atoms. The molecule has 2 saturated heterocycles. The van der Waals surface area contributed by atoms with Crippen LogP contribution >= 0.6 is 0 Å². The summed E-state index contributed by atoms with van der Waals surface area (Å²) in [4.78, 5) is 42.0. The van der Waals surface area contributed by atoms with E-state index in [1.54, 1.807) is 4.90 Å². The van der Waals surface area contributed by atoms with Gasteiger partial charge in [0.1, 0.15) is 6.61 Å². The quantitative estimate of drug-likeness (QED) is 0.176. The Bertz CT molecular complexity index is 1310. The largest absolute Gasteiger partial charge is 0.465 e. The van der Waals surface area contributed by atoms with Gasteiger partial charge in [0, 0.05) is 44.9 Å². The molecule has 10 heteroatoms. The van der Waals surface area contributed by atoms with Crippen molar-refractivity contribution in [3.63, 3.8) is 0 Å². The first kappa shape index (κ1) is 37.4. The minimum atomic E-state index is -1.52. The third kappa shape index (κ3) is 10.3. The standard InChI is InChI=1S/C38H54N2O8/c1-27-21-38(36(42)44-6,48-35(29(27)3)28(2)24-45-30(4)41)47-26-34-18-17-32(22-39(34)5)19-20-40(23-31-13-9-7-10-14-31)37(43)46-25-33-15-11-8-12-16-33/h7-16,27-29,32,34-35H,17-26H2,1-6H3/t27-,28-,29-,32?,34?,35?,38-/m1/s1. The Morgan fingerprint density at radius 1 is 1.00 bits per heavy atom. The summed E-state index contributed by atoms with van der Waals surface area (Å²) in [5.41, 5.74) is 2.01. The molecule has 1 amide bonds. The molecule has 2 aromatic rings. The van der Waals surface area contributed by atoms with Crippen LogP contribution < -0.4 is 0 Å². The van der Waals surface area contributed by atoms with Crippen molar-refractivity contribution in [3.8, 4) is 0 Å². The van der Waals surface area contributed by atoms with Crippen molar-refractivity contribution in [1.29, 1.82) is 0 Å². The Morgan fingerprint density at radius 2 is 1.67 bits per heavy atom. The Balaban J connectivity index is 1.34. The van der Waals surface area contributed by atoms with Gasteiger partial charge >= 0.3 is 18.0 Å². The molecule has 3 unspecified atom stereocenters. The van der Waals surface area contributed by atoms with Gasteiger partial charge in [-0.25, -0.2) is 9.59 Å². The smallest absolute Gasteiger partial charge is 0.410 e. The molecular formula is C38H54N2O8. The zero-order valence-corrected chi connectivity index (χ0v) is 29.5.